The van der Waals surface area contributed by atoms with Gasteiger partial charge < -0.3 is 10.8 Å². The van der Waals surface area contributed by atoms with Crippen molar-refractivity contribution in [2.75, 3.05) is 0 Å². The minimum absolute atomic E-state index is 0.113. The number of hydrogen-bond acceptors (Lipinski definition) is 4. The monoisotopic (exact) mass is 350 g/mol. The fourth-order valence-electron chi connectivity index (χ4n) is 3.31. The van der Waals surface area contributed by atoms with E-state index in [2.05, 4.69) is 17.0 Å². The van der Waals surface area contributed by atoms with Crippen molar-refractivity contribution < 1.29 is 13.9 Å². The van der Waals surface area contributed by atoms with Gasteiger partial charge in [-0.2, -0.15) is 5.10 Å². The SMILES string of the molecule is CCCCn1nc(-c2ccc(F)c(F)c2)nc1[C@H]1CC[C@@H](O)[C@H](N)C1. The Kier molecular flexibility index (Phi) is 5.44. The van der Waals surface area contributed by atoms with Crippen LogP contribution >= 0.6 is 0 Å². The number of aliphatic hydroxyl groups is 1. The summed E-state index contributed by atoms with van der Waals surface area (Å²) < 4.78 is 28.6. The Balaban J connectivity index is 1.93. The first-order chi connectivity index (χ1) is 12.0. The number of halogens is 2. The van der Waals surface area contributed by atoms with E-state index < -0.39 is 17.7 Å². The second-order valence-electron chi connectivity index (χ2n) is 6.74. The molecule has 3 rings (SSSR count). The summed E-state index contributed by atoms with van der Waals surface area (Å²) in [7, 11) is 0. The van der Waals surface area contributed by atoms with Gasteiger partial charge in [0.2, 0.25) is 0 Å². The topological polar surface area (TPSA) is 77.0 Å². The number of nitrogens with two attached hydrogens (primary N) is 1. The standard InChI is InChI=1S/C18H24F2N4O/c1-2-3-8-24-18(12-5-7-16(25)15(21)10-12)22-17(23-24)11-4-6-13(19)14(20)9-11/h4,6,9,12,15-16,25H,2-3,5,7-8,10,21H2,1H3/t12-,15+,16+/m0/s1. The number of aromatic nitrogens is 3. The van der Waals surface area contributed by atoms with Gasteiger partial charge in [0.05, 0.1) is 6.10 Å². The number of hydrogen-bond donors (Lipinski definition) is 2. The highest BCUT2D eigenvalue weighted by molar-refractivity contribution is 5.54. The van der Waals surface area contributed by atoms with Crippen LogP contribution in [0.25, 0.3) is 11.4 Å². The highest BCUT2D eigenvalue weighted by Gasteiger charge is 2.31. The summed E-state index contributed by atoms with van der Waals surface area (Å²) >= 11 is 0. The zero-order chi connectivity index (χ0) is 18.0. The van der Waals surface area contributed by atoms with Crippen molar-refractivity contribution in [2.45, 2.75) is 63.6 Å². The minimum Gasteiger partial charge on any atom is -0.392 e. The Bertz CT molecular complexity index is 734. The van der Waals surface area contributed by atoms with Gasteiger partial charge in [-0.05, 0) is 43.9 Å². The van der Waals surface area contributed by atoms with Gasteiger partial charge in [-0.25, -0.2) is 18.4 Å². The molecule has 3 atom stereocenters. The maximum Gasteiger partial charge on any atom is 0.181 e. The molecule has 0 bridgehead atoms. The summed E-state index contributed by atoms with van der Waals surface area (Å²) in [5, 5.41) is 14.4. The van der Waals surface area contributed by atoms with Crippen LogP contribution in [-0.4, -0.2) is 32.0 Å². The fraction of sp³-hybridized carbons (Fsp3) is 0.556. The van der Waals surface area contributed by atoms with Crippen LogP contribution in [0.3, 0.4) is 0 Å². The molecule has 0 unspecified atom stereocenters. The number of aliphatic hydroxyl groups excluding tert-OH is 1. The molecule has 0 aliphatic heterocycles. The van der Waals surface area contributed by atoms with Crippen LogP contribution in [0.2, 0.25) is 0 Å². The third-order valence-corrected chi connectivity index (χ3v) is 4.83. The Morgan fingerprint density at radius 2 is 2.08 bits per heavy atom. The molecule has 1 aromatic heterocycles. The van der Waals surface area contributed by atoms with E-state index >= 15 is 0 Å². The van der Waals surface area contributed by atoms with Gasteiger partial charge in [0.25, 0.3) is 0 Å². The van der Waals surface area contributed by atoms with Crippen LogP contribution in [0.4, 0.5) is 8.78 Å². The van der Waals surface area contributed by atoms with Crippen molar-refractivity contribution in [1.29, 1.82) is 0 Å². The lowest BCUT2D eigenvalue weighted by molar-refractivity contribution is 0.0984. The Morgan fingerprint density at radius 1 is 1.28 bits per heavy atom. The molecule has 1 aromatic carbocycles. The first kappa shape index (κ1) is 17.9. The van der Waals surface area contributed by atoms with Gasteiger partial charge in [-0.3, -0.25) is 0 Å². The van der Waals surface area contributed by atoms with E-state index in [0.29, 0.717) is 24.2 Å². The molecule has 1 aliphatic carbocycles. The molecule has 7 heteroatoms. The Morgan fingerprint density at radius 3 is 2.76 bits per heavy atom. The summed E-state index contributed by atoms with van der Waals surface area (Å²) in [4.78, 5) is 4.61. The number of nitrogens with zero attached hydrogens (tertiary/aromatic N) is 3. The Hall–Kier alpha value is -1.86. The van der Waals surface area contributed by atoms with Gasteiger partial charge in [0, 0.05) is 24.1 Å². The number of benzene rings is 1. The third-order valence-electron chi connectivity index (χ3n) is 4.83. The maximum atomic E-state index is 13.5. The van der Waals surface area contributed by atoms with Crippen molar-refractivity contribution in [3.63, 3.8) is 0 Å². The summed E-state index contributed by atoms with van der Waals surface area (Å²) in [6.45, 7) is 2.82. The van der Waals surface area contributed by atoms with Crippen molar-refractivity contribution in [3.8, 4) is 11.4 Å². The van der Waals surface area contributed by atoms with Gasteiger partial charge in [0.1, 0.15) is 5.82 Å². The largest absolute Gasteiger partial charge is 0.392 e. The van der Waals surface area contributed by atoms with E-state index in [9.17, 15) is 13.9 Å². The van der Waals surface area contributed by atoms with Crippen molar-refractivity contribution >= 4 is 0 Å². The van der Waals surface area contributed by atoms with E-state index in [4.69, 9.17) is 5.73 Å². The molecular formula is C18H24F2N4O. The van der Waals surface area contributed by atoms with Crippen molar-refractivity contribution in [3.05, 3.63) is 35.7 Å². The van der Waals surface area contributed by atoms with E-state index in [0.717, 1.165) is 43.8 Å². The molecule has 0 amide bonds. The quantitative estimate of drug-likeness (QED) is 0.869. The lowest BCUT2D eigenvalue weighted by Gasteiger charge is -2.30. The molecular weight excluding hydrogens is 326 g/mol. The Labute approximate surface area is 145 Å². The van der Waals surface area contributed by atoms with Gasteiger partial charge >= 0.3 is 0 Å². The lowest BCUT2D eigenvalue weighted by atomic mass is 9.83. The number of unbranched alkanes of at least 4 members (excludes halogenated alkanes) is 1. The number of rotatable bonds is 5. The molecule has 2 aromatic rings. The van der Waals surface area contributed by atoms with E-state index in [1.54, 1.807) is 0 Å². The smallest absolute Gasteiger partial charge is 0.181 e. The average molecular weight is 350 g/mol. The number of aryl methyl sites for hydroxylation is 1. The summed E-state index contributed by atoms with van der Waals surface area (Å²) in [6.07, 6.45) is 3.55. The second-order valence-corrected chi connectivity index (χ2v) is 6.74. The van der Waals surface area contributed by atoms with Crippen LogP contribution < -0.4 is 5.73 Å². The van der Waals surface area contributed by atoms with E-state index in [1.165, 1.54) is 6.07 Å². The van der Waals surface area contributed by atoms with Crippen LogP contribution in [0.5, 0.6) is 0 Å². The van der Waals surface area contributed by atoms with Crippen LogP contribution in [0, 0.1) is 11.6 Å². The highest BCUT2D eigenvalue weighted by atomic mass is 19.2. The maximum absolute atomic E-state index is 13.5. The van der Waals surface area contributed by atoms with Crippen molar-refractivity contribution in [1.82, 2.24) is 14.8 Å². The zero-order valence-electron chi connectivity index (χ0n) is 14.3. The summed E-state index contributed by atoms with van der Waals surface area (Å²) in [5.74, 6) is -0.476. The third kappa shape index (κ3) is 3.88. The van der Waals surface area contributed by atoms with Gasteiger partial charge in [-0.15, -0.1) is 0 Å². The van der Waals surface area contributed by atoms with E-state index in [-0.39, 0.29) is 12.0 Å². The van der Waals surface area contributed by atoms with Crippen LogP contribution in [0.15, 0.2) is 18.2 Å². The normalized spacial score (nSPS) is 23.8. The molecule has 1 aliphatic rings. The molecule has 1 heterocycles. The summed E-state index contributed by atoms with van der Waals surface area (Å²) in [6, 6.07) is 3.42. The summed E-state index contributed by atoms with van der Waals surface area (Å²) in [5.41, 5.74) is 6.47. The average Bonchev–Trinajstić information content (AvgIpc) is 3.02. The molecule has 136 valence electrons. The van der Waals surface area contributed by atoms with Gasteiger partial charge in [0.15, 0.2) is 17.5 Å². The molecule has 0 spiro atoms. The van der Waals surface area contributed by atoms with Crippen LogP contribution in [0.1, 0.15) is 50.8 Å². The lowest BCUT2D eigenvalue weighted by Crippen LogP contribution is -2.40. The molecule has 5 nitrogen and oxygen atoms in total. The predicted octanol–water partition coefficient (Wildman–Crippen LogP) is 2.98. The van der Waals surface area contributed by atoms with Crippen molar-refractivity contribution in [2.24, 2.45) is 5.73 Å². The predicted molar refractivity (Wildman–Crippen MR) is 90.9 cm³/mol. The zero-order valence-corrected chi connectivity index (χ0v) is 14.3. The molecule has 1 fully saturated rings. The van der Waals surface area contributed by atoms with E-state index in [1.807, 2.05) is 4.68 Å². The fourth-order valence-corrected chi connectivity index (χ4v) is 3.31. The molecule has 1 saturated carbocycles. The molecule has 0 saturated heterocycles. The first-order valence-corrected chi connectivity index (χ1v) is 8.83. The first-order valence-electron chi connectivity index (χ1n) is 8.83. The highest BCUT2D eigenvalue weighted by Crippen LogP contribution is 2.33. The van der Waals surface area contributed by atoms with Crippen LogP contribution in [-0.2, 0) is 6.54 Å². The molecule has 3 N–H and O–H groups in total. The second kappa shape index (κ2) is 7.58. The minimum atomic E-state index is -0.910. The molecule has 25 heavy (non-hydrogen) atoms. The molecule has 0 radical (unpaired) electrons. The van der Waals surface area contributed by atoms with Gasteiger partial charge in [-0.1, -0.05) is 13.3 Å².